The molecule has 0 radical (unpaired) electrons. The molecule has 26 heavy (non-hydrogen) atoms. The van der Waals surface area contributed by atoms with Gasteiger partial charge in [0.2, 0.25) is 5.88 Å². The van der Waals surface area contributed by atoms with Crippen LogP contribution in [0.4, 0.5) is 5.69 Å². The molecule has 1 aromatic carbocycles. The summed E-state index contributed by atoms with van der Waals surface area (Å²) in [5.74, 6) is 0.576. The highest BCUT2D eigenvalue weighted by atomic mass is 16.5. The van der Waals surface area contributed by atoms with Crippen molar-refractivity contribution in [2.45, 2.75) is 13.3 Å². The second kappa shape index (κ2) is 11.0. The number of hydrogen-bond donors (Lipinski definition) is 0. The number of benzene rings is 1. The molecule has 0 atom stereocenters. The zero-order valence-corrected chi connectivity index (χ0v) is 15.6. The summed E-state index contributed by atoms with van der Waals surface area (Å²) in [4.78, 5) is 6.29. The third-order valence-corrected chi connectivity index (χ3v) is 3.48. The van der Waals surface area contributed by atoms with E-state index in [9.17, 15) is 0 Å². The molecule has 0 fully saturated rings. The van der Waals surface area contributed by atoms with Gasteiger partial charge in [0.1, 0.15) is 6.61 Å². The molecule has 6 nitrogen and oxygen atoms in total. The van der Waals surface area contributed by atoms with Crippen molar-refractivity contribution in [3.05, 3.63) is 53.7 Å². The maximum absolute atomic E-state index is 5.50. The van der Waals surface area contributed by atoms with Gasteiger partial charge in [-0.05, 0) is 30.2 Å². The van der Waals surface area contributed by atoms with E-state index in [-0.39, 0.29) is 0 Å². The Bertz CT molecular complexity index is 695. The maximum Gasteiger partial charge on any atom is 0.213 e. The molecule has 0 spiro atoms. The van der Waals surface area contributed by atoms with Crippen molar-refractivity contribution in [1.82, 2.24) is 4.98 Å². The number of anilines is 1. The zero-order valence-electron chi connectivity index (χ0n) is 15.6. The van der Waals surface area contributed by atoms with Crippen molar-refractivity contribution < 1.29 is 9.47 Å². The fourth-order valence-corrected chi connectivity index (χ4v) is 2.06. The van der Waals surface area contributed by atoms with E-state index in [0.29, 0.717) is 19.1 Å². The molecule has 1 heterocycles. The van der Waals surface area contributed by atoms with Crippen LogP contribution in [0.15, 0.2) is 52.8 Å². The molecule has 0 N–H and O–H groups in total. The number of hydrogen-bond acceptors (Lipinski definition) is 6. The van der Waals surface area contributed by atoms with E-state index in [1.165, 1.54) is 0 Å². The molecule has 0 bridgehead atoms. The van der Waals surface area contributed by atoms with Gasteiger partial charge in [-0.1, -0.05) is 19.1 Å². The molecule has 0 aliphatic rings. The molecule has 0 unspecified atom stereocenters. The molecule has 2 rings (SSSR count). The fraction of sp³-hybridized carbons (Fsp3) is 0.350. The van der Waals surface area contributed by atoms with Gasteiger partial charge in [-0.25, -0.2) is 4.98 Å². The van der Waals surface area contributed by atoms with Gasteiger partial charge in [0.15, 0.2) is 0 Å². The Kier molecular flexibility index (Phi) is 8.29. The van der Waals surface area contributed by atoms with Crippen molar-refractivity contribution in [3.63, 3.8) is 0 Å². The lowest BCUT2D eigenvalue weighted by Crippen LogP contribution is -2.08. The Hall–Kier alpha value is -2.73. The highest BCUT2D eigenvalue weighted by Crippen LogP contribution is 2.11. The predicted octanol–water partition coefficient (Wildman–Crippen LogP) is 3.41. The van der Waals surface area contributed by atoms with Crippen LogP contribution in [0.5, 0.6) is 5.88 Å². The van der Waals surface area contributed by atoms with E-state index in [4.69, 9.17) is 9.47 Å². The van der Waals surface area contributed by atoms with Crippen LogP contribution in [0.25, 0.3) is 0 Å². The quantitative estimate of drug-likeness (QED) is 0.373. The molecule has 6 heteroatoms. The minimum Gasteiger partial charge on any atom is -0.475 e. The van der Waals surface area contributed by atoms with Gasteiger partial charge >= 0.3 is 0 Å². The molecular weight excluding hydrogens is 328 g/mol. The van der Waals surface area contributed by atoms with E-state index in [2.05, 4.69) is 27.0 Å². The Labute approximate surface area is 155 Å². The largest absolute Gasteiger partial charge is 0.475 e. The van der Waals surface area contributed by atoms with E-state index in [1.807, 2.05) is 50.5 Å². The minimum absolute atomic E-state index is 0.497. The van der Waals surface area contributed by atoms with E-state index in [0.717, 1.165) is 29.8 Å². The molecule has 0 amide bonds. The third kappa shape index (κ3) is 7.03. The maximum atomic E-state index is 5.50. The van der Waals surface area contributed by atoms with Gasteiger partial charge < -0.3 is 14.4 Å². The van der Waals surface area contributed by atoms with Gasteiger partial charge in [0.05, 0.1) is 19.0 Å². The Morgan fingerprint density at radius 3 is 2.23 bits per heavy atom. The molecule has 0 aliphatic heterocycles. The van der Waals surface area contributed by atoms with Crippen LogP contribution in [0.3, 0.4) is 0 Å². The van der Waals surface area contributed by atoms with Crippen molar-refractivity contribution in [1.29, 1.82) is 0 Å². The highest BCUT2D eigenvalue weighted by molar-refractivity contribution is 5.82. The van der Waals surface area contributed by atoms with Crippen molar-refractivity contribution >= 4 is 18.1 Å². The van der Waals surface area contributed by atoms with Crippen LogP contribution < -0.4 is 9.64 Å². The van der Waals surface area contributed by atoms with Crippen molar-refractivity contribution in [2.24, 2.45) is 10.2 Å². The average Bonchev–Trinajstić information content (AvgIpc) is 2.66. The van der Waals surface area contributed by atoms with Crippen LogP contribution in [0, 0.1) is 0 Å². The van der Waals surface area contributed by atoms with E-state index >= 15 is 0 Å². The van der Waals surface area contributed by atoms with Crippen LogP contribution in [-0.2, 0) is 4.74 Å². The molecule has 0 aliphatic carbocycles. The van der Waals surface area contributed by atoms with Crippen molar-refractivity contribution in [3.8, 4) is 5.88 Å². The number of ether oxygens (including phenoxy) is 2. The first kappa shape index (κ1) is 19.6. The average molecular weight is 354 g/mol. The number of nitrogens with zero attached hydrogens (tertiary/aromatic N) is 4. The standard InChI is InChI=1S/C20H26N4O2/c1-4-11-25-12-13-26-20-10-7-18(14-21-20)16-23-22-15-17-5-8-19(9-6-17)24(2)3/h5-10,14-16H,4,11-13H2,1-3H3/b22-15+,23-16+. The summed E-state index contributed by atoms with van der Waals surface area (Å²) in [6.07, 6.45) is 6.09. The van der Waals surface area contributed by atoms with Gasteiger partial charge in [-0.15, -0.1) is 0 Å². The van der Waals surface area contributed by atoms with Gasteiger partial charge in [0.25, 0.3) is 0 Å². The van der Waals surface area contributed by atoms with Crippen LogP contribution in [0.2, 0.25) is 0 Å². The minimum atomic E-state index is 0.497. The first-order valence-corrected chi connectivity index (χ1v) is 8.69. The van der Waals surface area contributed by atoms with Gasteiger partial charge in [0, 0.05) is 44.2 Å². The summed E-state index contributed by atoms with van der Waals surface area (Å²) in [5, 5.41) is 8.12. The highest BCUT2D eigenvalue weighted by Gasteiger charge is 1.96. The smallest absolute Gasteiger partial charge is 0.213 e. The summed E-state index contributed by atoms with van der Waals surface area (Å²) < 4.78 is 10.9. The molecular formula is C20H26N4O2. The van der Waals surface area contributed by atoms with E-state index in [1.54, 1.807) is 18.6 Å². The lowest BCUT2D eigenvalue weighted by Gasteiger charge is -2.11. The van der Waals surface area contributed by atoms with Gasteiger partial charge in [-0.3, -0.25) is 0 Å². The fourth-order valence-electron chi connectivity index (χ4n) is 2.06. The van der Waals surface area contributed by atoms with Crippen molar-refractivity contribution in [2.75, 3.05) is 38.8 Å². The molecule has 0 saturated heterocycles. The first-order chi connectivity index (χ1) is 12.7. The predicted molar refractivity (Wildman–Crippen MR) is 107 cm³/mol. The Morgan fingerprint density at radius 1 is 0.923 bits per heavy atom. The number of rotatable bonds is 10. The van der Waals surface area contributed by atoms with Gasteiger partial charge in [-0.2, -0.15) is 10.2 Å². The second-order valence-corrected chi connectivity index (χ2v) is 5.87. The first-order valence-electron chi connectivity index (χ1n) is 8.69. The zero-order chi connectivity index (χ0) is 18.6. The summed E-state index contributed by atoms with van der Waals surface area (Å²) in [5.41, 5.74) is 3.01. The lowest BCUT2D eigenvalue weighted by molar-refractivity contribution is 0.0990. The number of pyridine rings is 1. The summed E-state index contributed by atoms with van der Waals surface area (Å²) in [7, 11) is 4.02. The molecule has 1 aromatic heterocycles. The lowest BCUT2D eigenvalue weighted by atomic mass is 10.2. The monoisotopic (exact) mass is 354 g/mol. The Morgan fingerprint density at radius 2 is 1.62 bits per heavy atom. The van der Waals surface area contributed by atoms with E-state index < -0.39 is 0 Å². The van der Waals surface area contributed by atoms with Crippen LogP contribution in [-0.4, -0.2) is 51.3 Å². The SMILES string of the molecule is CCCOCCOc1ccc(/C=N/N=C/c2ccc(N(C)C)cc2)cn1. The summed E-state index contributed by atoms with van der Waals surface area (Å²) >= 11 is 0. The van der Waals surface area contributed by atoms with Crippen LogP contribution >= 0.6 is 0 Å². The van der Waals surface area contributed by atoms with Crippen LogP contribution in [0.1, 0.15) is 24.5 Å². The second-order valence-electron chi connectivity index (χ2n) is 5.87. The number of aromatic nitrogens is 1. The third-order valence-electron chi connectivity index (χ3n) is 3.48. The topological polar surface area (TPSA) is 59.3 Å². The molecule has 0 saturated carbocycles. The normalized spacial score (nSPS) is 11.3. The molecule has 2 aromatic rings. The molecule has 138 valence electrons. The summed E-state index contributed by atoms with van der Waals surface area (Å²) in [6.45, 7) is 3.90. The Balaban J connectivity index is 1.78. The summed E-state index contributed by atoms with van der Waals surface area (Å²) in [6, 6.07) is 11.8.